The molecule has 2 aliphatic rings. The van der Waals surface area contributed by atoms with Crippen molar-refractivity contribution >= 4 is 41.5 Å². The van der Waals surface area contributed by atoms with Crippen LogP contribution in [-0.4, -0.2) is 56.4 Å². The molecule has 1 aromatic carbocycles. The molecule has 3 N–H and O–H groups in total. The highest BCUT2D eigenvalue weighted by atomic mass is 127. The fourth-order valence-electron chi connectivity index (χ4n) is 3.96. The van der Waals surface area contributed by atoms with Gasteiger partial charge in [0.15, 0.2) is 5.96 Å². The number of aliphatic hydroxyl groups is 1. The van der Waals surface area contributed by atoms with Crippen LogP contribution in [-0.2, 0) is 16.1 Å². The number of nitrogens with zero attached hydrogens (tertiary/aromatic N) is 2. The SMILES string of the molecule is CCNC(=NCc1ccc(N2CCCCC2=O)cc1)NCC1(CCO)CCOC1.I. The third-order valence-corrected chi connectivity index (χ3v) is 5.79. The standard InChI is InChI=1S/C22H34N4O3.HI/c1-2-23-21(25-16-22(10-13-27)11-14-29-17-22)24-15-18-6-8-19(9-7-18)26-12-4-3-5-20(26)28;/h6-9,27H,2-5,10-17H2,1H3,(H2,23,24,25);1H. The Morgan fingerprint density at radius 2 is 2.07 bits per heavy atom. The van der Waals surface area contributed by atoms with Crippen molar-refractivity contribution < 1.29 is 14.6 Å². The van der Waals surface area contributed by atoms with E-state index in [1.807, 2.05) is 36.1 Å². The van der Waals surface area contributed by atoms with Crippen LogP contribution in [0.4, 0.5) is 5.69 Å². The fraction of sp³-hybridized carbons (Fsp3) is 0.636. The second kappa shape index (κ2) is 12.5. The average Bonchev–Trinajstić information content (AvgIpc) is 3.20. The van der Waals surface area contributed by atoms with E-state index in [0.29, 0.717) is 19.6 Å². The normalized spacial score (nSPS) is 22.0. The first-order valence-corrected chi connectivity index (χ1v) is 10.8. The summed E-state index contributed by atoms with van der Waals surface area (Å²) in [6, 6.07) is 8.12. The fourth-order valence-corrected chi connectivity index (χ4v) is 3.96. The van der Waals surface area contributed by atoms with E-state index >= 15 is 0 Å². The van der Waals surface area contributed by atoms with Gasteiger partial charge in [-0.1, -0.05) is 12.1 Å². The number of carbonyl (C=O) groups is 1. The highest BCUT2D eigenvalue weighted by Crippen LogP contribution is 2.31. The molecule has 7 nitrogen and oxygen atoms in total. The summed E-state index contributed by atoms with van der Waals surface area (Å²) in [5.74, 6) is 0.986. The molecule has 0 bridgehead atoms. The maximum atomic E-state index is 12.1. The van der Waals surface area contributed by atoms with Crippen LogP contribution in [0.1, 0.15) is 44.6 Å². The lowest BCUT2D eigenvalue weighted by Crippen LogP contribution is -2.44. The van der Waals surface area contributed by atoms with Gasteiger partial charge in [0.25, 0.3) is 0 Å². The Morgan fingerprint density at radius 3 is 2.70 bits per heavy atom. The molecular formula is C22H35IN4O3. The van der Waals surface area contributed by atoms with Crippen LogP contribution >= 0.6 is 24.0 Å². The van der Waals surface area contributed by atoms with Crippen LogP contribution in [0.3, 0.4) is 0 Å². The Bertz CT molecular complexity index is 690. The lowest BCUT2D eigenvalue weighted by Gasteiger charge is -2.27. The minimum atomic E-state index is -0.0203. The van der Waals surface area contributed by atoms with Crippen molar-refractivity contribution in [3.8, 4) is 0 Å². The Balaban J connectivity index is 0.00000320. The molecule has 30 heavy (non-hydrogen) atoms. The summed E-state index contributed by atoms with van der Waals surface area (Å²) in [6.45, 7) is 6.53. The average molecular weight is 530 g/mol. The molecule has 2 aliphatic heterocycles. The predicted molar refractivity (Wildman–Crippen MR) is 130 cm³/mol. The van der Waals surface area contributed by atoms with E-state index in [2.05, 4.69) is 10.6 Å². The molecule has 1 aromatic rings. The number of rotatable bonds is 8. The molecule has 0 aromatic heterocycles. The number of anilines is 1. The van der Waals surface area contributed by atoms with E-state index in [0.717, 1.165) is 69.1 Å². The molecule has 2 saturated heterocycles. The van der Waals surface area contributed by atoms with Gasteiger partial charge < -0.3 is 25.4 Å². The Morgan fingerprint density at radius 1 is 1.27 bits per heavy atom. The largest absolute Gasteiger partial charge is 0.396 e. The van der Waals surface area contributed by atoms with Gasteiger partial charge in [0.2, 0.25) is 5.91 Å². The summed E-state index contributed by atoms with van der Waals surface area (Å²) < 4.78 is 5.56. The zero-order valence-corrected chi connectivity index (χ0v) is 20.2. The van der Waals surface area contributed by atoms with Crippen LogP contribution in [0.2, 0.25) is 0 Å². The van der Waals surface area contributed by atoms with E-state index in [1.165, 1.54) is 0 Å². The van der Waals surface area contributed by atoms with Crippen LogP contribution in [0.15, 0.2) is 29.3 Å². The van der Waals surface area contributed by atoms with Crippen molar-refractivity contribution in [3.05, 3.63) is 29.8 Å². The van der Waals surface area contributed by atoms with Gasteiger partial charge in [-0.05, 0) is 50.3 Å². The predicted octanol–water partition coefficient (Wildman–Crippen LogP) is 2.67. The summed E-state index contributed by atoms with van der Waals surface area (Å²) in [5.41, 5.74) is 2.05. The first-order chi connectivity index (χ1) is 14.2. The third kappa shape index (κ3) is 6.81. The van der Waals surface area contributed by atoms with Crippen molar-refractivity contribution in [2.75, 3.05) is 44.4 Å². The number of hydrogen-bond acceptors (Lipinski definition) is 4. The summed E-state index contributed by atoms with van der Waals surface area (Å²) in [7, 11) is 0. The van der Waals surface area contributed by atoms with Gasteiger partial charge in [-0.2, -0.15) is 0 Å². The summed E-state index contributed by atoms with van der Waals surface area (Å²) >= 11 is 0. The zero-order chi connectivity index (χ0) is 20.5. The number of ether oxygens (including phenoxy) is 1. The van der Waals surface area contributed by atoms with Gasteiger partial charge in [0.05, 0.1) is 13.2 Å². The Hall–Kier alpha value is -1.39. The van der Waals surface area contributed by atoms with Crippen LogP contribution in [0, 0.1) is 5.41 Å². The number of guanidine groups is 1. The molecule has 1 amide bonds. The van der Waals surface area contributed by atoms with Gasteiger partial charge in [0.1, 0.15) is 0 Å². The second-order valence-corrected chi connectivity index (χ2v) is 7.99. The summed E-state index contributed by atoms with van der Waals surface area (Å²) in [5, 5.41) is 16.1. The van der Waals surface area contributed by atoms with Crippen LogP contribution < -0.4 is 15.5 Å². The number of nitrogens with one attached hydrogen (secondary N) is 2. The molecule has 3 rings (SSSR count). The molecule has 168 valence electrons. The van der Waals surface area contributed by atoms with Crippen molar-refractivity contribution in [1.82, 2.24) is 10.6 Å². The first-order valence-electron chi connectivity index (χ1n) is 10.8. The van der Waals surface area contributed by atoms with Crippen LogP contribution in [0.5, 0.6) is 0 Å². The highest BCUT2D eigenvalue weighted by molar-refractivity contribution is 14.0. The van der Waals surface area contributed by atoms with E-state index in [-0.39, 0.29) is 41.9 Å². The number of hydrogen-bond donors (Lipinski definition) is 3. The lowest BCUT2D eigenvalue weighted by atomic mass is 9.84. The summed E-state index contributed by atoms with van der Waals surface area (Å²) in [6.07, 6.45) is 4.39. The number of aliphatic imine (C=N–C) groups is 1. The minimum Gasteiger partial charge on any atom is -0.396 e. The quantitative estimate of drug-likeness (QED) is 0.274. The van der Waals surface area contributed by atoms with E-state index < -0.39 is 0 Å². The van der Waals surface area contributed by atoms with Crippen molar-refractivity contribution in [3.63, 3.8) is 0 Å². The van der Waals surface area contributed by atoms with Crippen molar-refractivity contribution in [2.24, 2.45) is 10.4 Å². The monoisotopic (exact) mass is 530 g/mol. The van der Waals surface area contributed by atoms with Gasteiger partial charge in [0, 0.05) is 50.4 Å². The second-order valence-electron chi connectivity index (χ2n) is 7.99. The smallest absolute Gasteiger partial charge is 0.226 e. The van der Waals surface area contributed by atoms with Crippen molar-refractivity contribution in [1.29, 1.82) is 0 Å². The molecule has 8 heteroatoms. The van der Waals surface area contributed by atoms with E-state index in [4.69, 9.17) is 9.73 Å². The Kier molecular flexibility index (Phi) is 10.3. The number of halogens is 1. The van der Waals surface area contributed by atoms with Gasteiger partial charge in [-0.15, -0.1) is 24.0 Å². The van der Waals surface area contributed by atoms with Gasteiger partial charge >= 0.3 is 0 Å². The molecule has 0 saturated carbocycles. The molecule has 0 spiro atoms. The maximum absolute atomic E-state index is 12.1. The number of aliphatic hydroxyl groups excluding tert-OH is 1. The number of benzene rings is 1. The minimum absolute atomic E-state index is 0. The van der Waals surface area contributed by atoms with Crippen LogP contribution in [0.25, 0.3) is 0 Å². The third-order valence-electron chi connectivity index (χ3n) is 5.79. The van der Waals surface area contributed by atoms with E-state index in [9.17, 15) is 9.90 Å². The molecule has 0 aliphatic carbocycles. The molecule has 2 heterocycles. The number of carbonyl (C=O) groups excluding carboxylic acids is 1. The molecular weight excluding hydrogens is 495 g/mol. The van der Waals surface area contributed by atoms with Crippen molar-refractivity contribution in [2.45, 2.75) is 45.6 Å². The van der Waals surface area contributed by atoms with Gasteiger partial charge in [-0.3, -0.25) is 4.79 Å². The Labute approximate surface area is 196 Å². The summed E-state index contributed by atoms with van der Waals surface area (Å²) in [4.78, 5) is 18.7. The maximum Gasteiger partial charge on any atom is 0.226 e. The van der Waals surface area contributed by atoms with Gasteiger partial charge in [-0.25, -0.2) is 4.99 Å². The first kappa shape index (κ1) is 24.9. The molecule has 1 atom stereocenters. The lowest BCUT2D eigenvalue weighted by molar-refractivity contribution is -0.119. The number of amides is 1. The topological polar surface area (TPSA) is 86.2 Å². The molecule has 2 fully saturated rings. The number of piperidine rings is 1. The zero-order valence-electron chi connectivity index (χ0n) is 17.9. The highest BCUT2D eigenvalue weighted by Gasteiger charge is 2.34. The molecule has 0 radical (unpaired) electrons. The van der Waals surface area contributed by atoms with E-state index in [1.54, 1.807) is 0 Å². The molecule has 1 unspecified atom stereocenters.